The van der Waals surface area contributed by atoms with Crippen molar-refractivity contribution in [3.05, 3.63) is 30.6 Å². The van der Waals surface area contributed by atoms with Crippen LogP contribution in [0.3, 0.4) is 0 Å². The molecule has 1 atom stereocenters. The lowest BCUT2D eigenvalue weighted by Crippen LogP contribution is -2.48. The maximum absolute atomic E-state index is 12.4. The van der Waals surface area contributed by atoms with Gasteiger partial charge in [0.25, 0.3) is 0 Å². The SMILES string of the molecule is CCCC(C)(N)C(=O)Nc1ccccc1-c1nncn1C. The molecule has 6 nitrogen and oxygen atoms in total. The smallest absolute Gasteiger partial charge is 0.244 e. The summed E-state index contributed by atoms with van der Waals surface area (Å²) < 4.78 is 1.80. The van der Waals surface area contributed by atoms with E-state index in [1.54, 1.807) is 17.8 Å². The van der Waals surface area contributed by atoms with Gasteiger partial charge in [0.15, 0.2) is 5.82 Å². The molecule has 0 bridgehead atoms. The number of nitrogens with zero attached hydrogens (tertiary/aromatic N) is 3. The summed E-state index contributed by atoms with van der Waals surface area (Å²) in [7, 11) is 1.86. The first-order chi connectivity index (χ1) is 9.95. The molecule has 1 aromatic heterocycles. The number of hydrogen-bond acceptors (Lipinski definition) is 4. The number of nitrogens with one attached hydrogen (secondary N) is 1. The second-order valence-electron chi connectivity index (χ2n) is 5.43. The van der Waals surface area contributed by atoms with Crippen LogP contribution in [0.15, 0.2) is 30.6 Å². The number of benzene rings is 1. The fourth-order valence-corrected chi connectivity index (χ4v) is 2.21. The van der Waals surface area contributed by atoms with Crippen molar-refractivity contribution in [3.63, 3.8) is 0 Å². The first-order valence-corrected chi connectivity index (χ1v) is 6.99. The summed E-state index contributed by atoms with van der Waals surface area (Å²) in [6, 6.07) is 7.49. The third kappa shape index (κ3) is 3.28. The molecule has 112 valence electrons. The van der Waals surface area contributed by atoms with Gasteiger partial charge in [-0.3, -0.25) is 4.79 Å². The van der Waals surface area contributed by atoms with E-state index >= 15 is 0 Å². The highest BCUT2D eigenvalue weighted by Crippen LogP contribution is 2.26. The Bertz CT molecular complexity index is 632. The summed E-state index contributed by atoms with van der Waals surface area (Å²) in [5, 5.41) is 10.9. The quantitative estimate of drug-likeness (QED) is 0.880. The van der Waals surface area contributed by atoms with E-state index in [9.17, 15) is 4.79 Å². The van der Waals surface area contributed by atoms with E-state index < -0.39 is 5.54 Å². The third-order valence-corrected chi connectivity index (χ3v) is 3.42. The number of aromatic nitrogens is 3. The minimum atomic E-state index is -0.887. The Kier molecular flexibility index (Phi) is 4.37. The predicted molar refractivity (Wildman–Crippen MR) is 82.6 cm³/mol. The molecule has 0 aliphatic carbocycles. The zero-order valence-corrected chi connectivity index (χ0v) is 12.6. The van der Waals surface area contributed by atoms with Gasteiger partial charge in [-0.2, -0.15) is 0 Å². The summed E-state index contributed by atoms with van der Waals surface area (Å²) in [5.74, 6) is 0.499. The number of nitrogens with two attached hydrogens (primary N) is 1. The molecular formula is C15H21N5O. The first kappa shape index (κ1) is 15.2. The van der Waals surface area contributed by atoms with Crippen LogP contribution in [0.5, 0.6) is 0 Å². The minimum absolute atomic E-state index is 0.195. The summed E-state index contributed by atoms with van der Waals surface area (Å²) in [6.45, 7) is 3.75. The van der Waals surface area contributed by atoms with Gasteiger partial charge >= 0.3 is 0 Å². The van der Waals surface area contributed by atoms with Gasteiger partial charge in [-0.05, 0) is 25.5 Å². The van der Waals surface area contributed by atoms with E-state index in [1.165, 1.54) is 0 Å². The van der Waals surface area contributed by atoms with E-state index in [2.05, 4.69) is 15.5 Å². The first-order valence-electron chi connectivity index (χ1n) is 6.99. The number of anilines is 1. The topological polar surface area (TPSA) is 85.8 Å². The number of para-hydroxylation sites is 1. The molecule has 6 heteroatoms. The van der Waals surface area contributed by atoms with Crippen molar-refractivity contribution >= 4 is 11.6 Å². The zero-order valence-electron chi connectivity index (χ0n) is 12.6. The van der Waals surface area contributed by atoms with Gasteiger partial charge in [0.1, 0.15) is 6.33 Å². The molecule has 2 aromatic rings. The second kappa shape index (κ2) is 6.05. The average Bonchev–Trinajstić information content (AvgIpc) is 2.85. The van der Waals surface area contributed by atoms with Crippen molar-refractivity contribution in [2.24, 2.45) is 12.8 Å². The van der Waals surface area contributed by atoms with Gasteiger partial charge in [-0.15, -0.1) is 10.2 Å². The largest absolute Gasteiger partial charge is 0.324 e. The highest BCUT2D eigenvalue weighted by molar-refractivity contribution is 6.00. The molecule has 2 rings (SSSR count). The molecule has 0 spiro atoms. The fourth-order valence-electron chi connectivity index (χ4n) is 2.21. The Balaban J connectivity index is 2.30. The van der Waals surface area contributed by atoms with Crippen molar-refractivity contribution in [2.45, 2.75) is 32.2 Å². The molecule has 0 radical (unpaired) electrons. The number of aryl methyl sites for hydroxylation is 1. The lowest BCUT2D eigenvalue weighted by atomic mass is 9.96. The Morgan fingerprint density at radius 2 is 2.14 bits per heavy atom. The van der Waals surface area contributed by atoms with Gasteiger partial charge in [-0.25, -0.2) is 0 Å². The molecule has 0 aliphatic rings. The fraction of sp³-hybridized carbons (Fsp3) is 0.400. The molecule has 1 amide bonds. The number of amides is 1. The zero-order chi connectivity index (χ0) is 15.5. The van der Waals surface area contributed by atoms with Crippen LogP contribution in [-0.2, 0) is 11.8 Å². The maximum atomic E-state index is 12.4. The molecule has 1 aromatic carbocycles. The van der Waals surface area contributed by atoms with Crippen LogP contribution >= 0.6 is 0 Å². The van der Waals surface area contributed by atoms with Crippen LogP contribution in [0.4, 0.5) is 5.69 Å². The van der Waals surface area contributed by atoms with Crippen LogP contribution in [0, 0.1) is 0 Å². The summed E-state index contributed by atoms with van der Waals surface area (Å²) in [4.78, 5) is 12.4. The standard InChI is InChI=1S/C15H21N5O/c1-4-9-15(2,16)14(21)18-12-8-6-5-7-11(12)13-19-17-10-20(13)3/h5-8,10H,4,9,16H2,1-3H3,(H,18,21). The van der Waals surface area contributed by atoms with Crippen LogP contribution in [-0.4, -0.2) is 26.2 Å². The van der Waals surface area contributed by atoms with Gasteiger partial charge in [-0.1, -0.05) is 25.5 Å². The number of hydrogen-bond donors (Lipinski definition) is 2. The van der Waals surface area contributed by atoms with E-state index in [0.29, 0.717) is 17.9 Å². The van der Waals surface area contributed by atoms with E-state index in [4.69, 9.17) is 5.73 Å². The lowest BCUT2D eigenvalue weighted by Gasteiger charge is -2.23. The number of carbonyl (C=O) groups excluding carboxylic acids is 1. The van der Waals surface area contributed by atoms with Crippen molar-refractivity contribution < 1.29 is 4.79 Å². The van der Waals surface area contributed by atoms with Gasteiger partial charge in [0.2, 0.25) is 5.91 Å². The van der Waals surface area contributed by atoms with Gasteiger partial charge in [0.05, 0.1) is 11.2 Å². The molecule has 0 aliphatic heterocycles. The Hall–Kier alpha value is -2.21. The molecule has 1 heterocycles. The number of carbonyl (C=O) groups is 1. The predicted octanol–water partition coefficient (Wildman–Crippen LogP) is 1.94. The van der Waals surface area contributed by atoms with E-state index in [1.807, 2.05) is 38.2 Å². The minimum Gasteiger partial charge on any atom is -0.324 e. The number of rotatable bonds is 5. The van der Waals surface area contributed by atoms with Crippen LogP contribution in [0.25, 0.3) is 11.4 Å². The molecule has 3 N–H and O–H groups in total. The lowest BCUT2D eigenvalue weighted by molar-refractivity contribution is -0.120. The van der Waals surface area contributed by atoms with Crippen molar-refractivity contribution in [2.75, 3.05) is 5.32 Å². The highest BCUT2D eigenvalue weighted by atomic mass is 16.2. The van der Waals surface area contributed by atoms with Gasteiger partial charge in [0, 0.05) is 12.6 Å². The van der Waals surface area contributed by atoms with Crippen molar-refractivity contribution in [3.8, 4) is 11.4 Å². The van der Waals surface area contributed by atoms with Crippen LogP contribution < -0.4 is 11.1 Å². The highest BCUT2D eigenvalue weighted by Gasteiger charge is 2.28. The Morgan fingerprint density at radius 1 is 1.43 bits per heavy atom. The molecule has 1 unspecified atom stereocenters. The second-order valence-corrected chi connectivity index (χ2v) is 5.43. The van der Waals surface area contributed by atoms with Crippen molar-refractivity contribution in [1.29, 1.82) is 0 Å². The normalized spacial score (nSPS) is 13.7. The molecule has 0 fully saturated rings. The molecule has 0 saturated heterocycles. The summed E-state index contributed by atoms with van der Waals surface area (Å²) in [6.07, 6.45) is 3.11. The summed E-state index contributed by atoms with van der Waals surface area (Å²) in [5.41, 5.74) is 6.69. The average molecular weight is 287 g/mol. The Morgan fingerprint density at radius 3 is 2.76 bits per heavy atom. The van der Waals surface area contributed by atoms with Gasteiger partial charge < -0.3 is 15.6 Å². The van der Waals surface area contributed by atoms with Crippen LogP contribution in [0.1, 0.15) is 26.7 Å². The maximum Gasteiger partial charge on any atom is 0.244 e. The third-order valence-electron chi connectivity index (χ3n) is 3.42. The van der Waals surface area contributed by atoms with Crippen LogP contribution in [0.2, 0.25) is 0 Å². The molecular weight excluding hydrogens is 266 g/mol. The molecule has 21 heavy (non-hydrogen) atoms. The Labute approximate surface area is 124 Å². The van der Waals surface area contributed by atoms with Crippen molar-refractivity contribution in [1.82, 2.24) is 14.8 Å². The van der Waals surface area contributed by atoms with E-state index in [0.717, 1.165) is 12.0 Å². The summed E-state index contributed by atoms with van der Waals surface area (Å²) >= 11 is 0. The monoisotopic (exact) mass is 287 g/mol. The van der Waals surface area contributed by atoms with E-state index in [-0.39, 0.29) is 5.91 Å². The molecule has 0 saturated carbocycles.